The van der Waals surface area contributed by atoms with Gasteiger partial charge in [-0.1, -0.05) is 0 Å². The number of benzene rings is 1. The van der Waals surface area contributed by atoms with Crippen LogP contribution in [0.3, 0.4) is 0 Å². The number of likely N-dealkylation sites (tertiary alicyclic amines) is 1. The lowest BCUT2D eigenvalue weighted by molar-refractivity contribution is -0.123. The Labute approximate surface area is 120 Å². The van der Waals surface area contributed by atoms with E-state index in [1.807, 2.05) is 0 Å². The van der Waals surface area contributed by atoms with E-state index in [-0.39, 0.29) is 24.1 Å². The fourth-order valence-corrected chi connectivity index (χ4v) is 2.86. The molecule has 2 heterocycles. The zero-order valence-corrected chi connectivity index (χ0v) is 11.5. The highest BCUT2D eigenvalue weighted by Gasteiger charge is 2.51. The van der Waals surface area contributed by atoms with Crippen LogP contribution in [0.1, 0.15) is 22.3 Å². The van der Waals surface area contributed by atoms with E-state index >= 15 is 0 Å². The number of carbonyl (C=O) groups excluding carboxylic acids is 3. The average Bonchev–Trinajstić information content (AvgIpc) is 2.94. The number of urea groups is 1. The summed E-state index contributed by atoms with van der Waals surface area (Å²) in [5.41, 5.74) is 0.146. The Balaban J connectivity index is 1.82. The van der Waals surface area contributed by atoms with Crippen LogP contribution in [-0.2, 0) is 4.79 Å². The Morgan fingerprint density at radius 3 is 2.76 bits per heavy atom. The molecular weight excluding hydrogens is 274 g/mol. The van der Waals surface area contributed by atoms with Gasteiger partial charge in [0.15, 0.2) is 0 Å². The topological polar surface area (TPSA) is 98.7 Å². The highest BCUT2D eigenvalue weighted by molar-refractivity contribution is 6.08. The number of imide groups is 1. The Bertz CT molecular complexity index is 658. The fraction of sp³-hybridized carbons (Fsp3) is 0.357. The third-order valence-corrected chi connectivity index (χ3v) is 4.01. The molecule has 2 saturated heterocycles. The van der Waals surface area contributed by atoms with Gasteiger partial charge in [0.2, 0.25) is 0 Å². The minimum atomic E-state index is -1.00. The van der Waals surface area contributed by atoms with Crippen molar-refractivity contribution in [1.29, 1.82) is 0 Å². The number of nitrogens with one attached hydrogen (secondary N) is 2. The molecule has 3 rings (SSSR count). The molecular formula is C14H15N3O4. The molecule has 3 N–H and O–H groups in total. The molecule has 2 aliphatic rings. The predicted octanol–water partition coefficient (Wildman–Crippen LogP) is 0.125. The van der Waals surface area contributed by atoms with Gasteiger partial charge in [-0.3, -0.25) is 14.9 Å². The first kappa shape index (κ1) is 13.4. The first-order valence-corrected chi connectivity index (χ1v) is 6.64. The molecule has 1 aromatic carbocycles. The molecule has 21 heavy (non-hydrogen) atoms. The van der Waals surface area contributed by atoms with Crippen molar-refractivity contribution in [1.82, 2.24) is 15.5 Å². The molecule has 110 valence electrons. The van der Waals surface area contributed by atoms with Crippen molar-refractivity contribution < 1.29 is 19.5 Å². The van der Waals surface area contributed by atoms with Gasteiger partial charge in [0, 0.05) is 12.1 Å². The van der Waals surface area contributed by atoms with Crippen molar-refractivity contribution in [2.75, 3.05) is 13.1 Å². The van der Waals surface area contributed by atoms with Gasteiger partial charge in [-0.25, -0.2) is 4.79 Å². The second kappa shape index (κ2) is 4.47. The summed E-state index contributed by atoms with van der Waals surface area (Å²) >= 11 is 0. The van der Waals surface area contributed by atoms with Crippen LogP contribution in [0.5, 0.6) is 5.75 Å². The molecule has 0 bridgehead atoms. The highest BCUT2D eigenvalue weighted by atomic mass is 16.3. The molecule has 1 aromatic rings. The lowest BCUT2D eigenvalue weighted by Crippen LogP contribution is -2.49. The number of hydrogen-bond acceptors (Lipinski definition) is 4. The van der Waals surface area contributed by atoms with Crippen molar-refractivity contribution >= 4 is 17.8 Å². The second-order valence-electron chi connectivity index (χ2n) is 5.47. The predicted molar refractivity (Wildman–Crippen MR) is 72.8 cm³/mol. The normalized spacial score (nSPS) is 24.3. The van der Waals surface area contributed by atoms with E-state index in [0.29, 0.717) is 24.1 Å². The van der Waals surface area contributed by atoms with Crippen LogP contribution in [0, 0.1) is 6.92 Å². The molecule has 1 spiro atoms. The minimum absolute atomic E-state index is 0.101. The summed E-state index contributed by atoms with van der Waals surface area (Å²) in [6.45, 7) is 2.29. The number of amides is 4. The Kier molecular flexibility index (Phi) is 2.86. The van der Waals surface area contributed by atoms with Crippen molar-refractivity contribution in [2.45, 2.75) is 18.9 Å². The maximum absolute atomic E-state index is 12.5. The van der Waals surface area contributed by atoms with Gasteiger partial charge in [0.25, 0.3) is 11.8 Å². The van der Waals surface area contributed by atoms with Crippen LogP contribution >= 0.6 is 0 Å². The summed E-state index contributed by atoms with van der Waals surface area (Å²) in [6.07, 6.45) is 0.396. The van der Waals surface area contributed by atoms with Crippen molar-refractivity contribution in [2.24, 2.45) is 0 Å². The Morgan fingerprint density at radius 2 is 2.14 bits per heavy atom. The Morgan fingerprint density at radius 1 is 1.38 bits per heavy atom. The molecule has 2 fully saturated rings. The maximum Gasteiger partial charge on any atom is 0.322 e. The summed E-state index contributed by atoms with van der Waals surface area (Å²) in [6, 6.07) is 4.01. The van der Waals surface area contributed by atoms with E-state index in [9.17, 15) is 19.5 Å². The molecule has 4 amide bonds. The average molecular weight is 289 g/mol. The molecule has 7 heteroatoms. The van der Waals surface area contributed by atoms with Crippen molar-refractivity contribution in [3.8, 4) is 5.75 Å². The second-order valence-corrected chi connectivity index (χ2v) is 5.47. The van der Waals surface area contributed by atoms with Gasteiger partial charge < -0.3 is 15.3 Å². The van der Waals surface area contributed by atoms with Crippen LogP contribution in [-0.4, -0.2) is 46.5 Å². The lowest BCUT2D eigenvalue weighted by atomic mass is 9.99. The molecule has 0 aromatic heterocycles. The van der Waals surface area contributed by atoms with E-state index in [1.165, 1.54) is 12.1 Å². The monoisotopic (exact) mass is 289 g/mol. The summed E-state index contributed by atoms with van der Waals surface area (Å²) in [5, 5.41) is 14.2. The SMILES string of the molecule is Cc1cc(O)ccc1C(=O)N1CCC2(C1)NC(=O)NC2=O. The number of phenolic OH excluding ortho intramolecular Hbond substituents is 1. The van der Waals surface area contributed by atoms with Gasteiger partial charge in [-0.15, -0.1) is 0 Å². The van der Waals surface area contributed by atoms with Crippen LogP contribution in [0.25, 0.3) is 0 Å². The molecule has 0 aliphatic carbocycles. The smallest absolute Gasteiger partial charge is 0.322 e. The number of hydrogen-bond donors (Lipinski definition) is 3. The van der Waals surface area contributed by atoms with Gasteiger partial charge >= 0.3 is 6.03 Å². The third kappa shape index (κ3) is 2.10. The molecule has 1 atom stereocenters. The van der Waals surface area contributed by atoms with Gasteiger partial charge in [0.1, 0.15) is 11.3 Å². The number of rotatable bonds is 1. The zero-order chi connectivity index (χ0) is 15.2. The van der Waals surface area contributed by atoms with Gasteiger partial charge in [0.05, 0.1) is 6.54 Å². The fourth-order valence-electron chi connectivity index (χ4n) is 2.86. The molecule has 7 nitrogen and oxygen atoms in total. The van der Waals surface area contributed by atoms with Gasteiger partial charge in [-0.05, 0) is 37.1 Å². The van der Waals surface area contributed by atoms with E-state index in [0.717, 1.165) is 0 Å². The quantitative estimate of drug-likeness (QED) is 0.640. The van der Waals surface area contributed by atoms with Crippen molar-refractivity contribution in [3.63, 3.8) is 0 Å². The molecule has 2 aliphatic heterocycles. The van der Waals surface area contributed by atoms with E-state index in [4.69, 9.17) is 0 Å². The highest BCUT2D eigenvalue weighted by Crippen LogP contribution is 2.27. The maximum atomic E-state index is 12.5. The third-order valence-electron chi connectivity index (χ3n) is 4.01. The van der Waals surface area contributed by atoms with Crippen LogP contribution < -0.4 is 10.6 Å². The number of phenols is 1. The van der Waals surface area contributed by atoms with Crippen molar-refractivity contribution in [3.05, 3.63) is 29.3 Å². The number of aryl methyl sites for hydroxylation is 1. The molecule has 0 radical (unpaired) electrons. The zero-order valence-electron chi connectivity index (χ0n) is 11.5. The van der Waals surface area contributed by atoms with Gasteiger partial charge in [-0.2, -0.15) is 0 Å². The molecule has 0 saturated carbocycles. The summed E-state index contributed by atoms with van der Waals surface area (Å²) in [5.74, 6) is -0.493. The largest absolute Gasteiger partial charge is 0.508 e. The first-order valence-electron chi connectivity index (χ1n) is 6.64. The van der Waals surface area contributed by atoms with E-state index in [1.54, 1.807) is 17.9 Å². The lowest BCUT2D eigenvalue weighted by Gasteiger charge is -2.21. The van der Waals surface area contributed by atoms with Crippen LogP contribution in [0.15, 0.2) is 18.2 Å². The van der Waals surface area contributed by atoms with Crippen LogP contribution in [0.4, 0.5) is 4.79 Å². The van der Waals surface area contributed by atoms with E-state index < -0.39 is 11.6 Å². The summed E-state index contributed by atoms with van der Waals surface area (Å²) < 4.78 is 0. The standard InChI is InChI=1S/C14H15N3O4/c1-8-6-9(18)2-3-10(8)11(19)17-5-4-14(7-17)12(20)15-13(21)16-14/h2-3,6,18H,4-5,7H2,1H3,(H2,15,16,20,21). The Hall–Kier alpha value is -2.57. The number of carbonyl (C=O) groups is 3. The van der Waals surface area contributed by atoms with E-state index in [2.05, 4.69) is 10.6 Å². The van der Waals surface area contributed by atoms with Crippen LogP contribution in [0.2, 0.25) is 0 Å². The molecule has 1 unspecified atom stereocenters. The summed E-state index contributed by atoms with van der Waals surface area (Å²) in [7, 11) is 0. The first-order chi connectivity index (χ1) is 9.91. The summed E-state index contributed by atoms with van der Waals surface area (Å²) in [4.78, 5) is 37.2. The number of nitrogens with zero attached hydrogens (tertiary/aromatic N) is 1. The number of aromatic hydroxyl groups is 1. The minimum Gasteiger partial charge on any atom is -0.508 e.